The Labute approximate surface area is 279 Å². The van der Waals surface area contributed by atoms with Crippen molar-refractivity contribution in [1.82, 2.24) is 0 Å². The Hall–Kier alpha value is -6.38. The summed E-state index contributed by atoms with van der Waals surface area (Å²) in [4.78, 5) is 2.34. The largest absolute Gasteiger partial charge is 0.456 e. The number of rotatable bonds is 6. The summed E-state index contributed by atoms with van der Waals surface area (Å²) >= 11 is 0. The molecule has 0 radical (unpaired) electrons. The molecule has 0 aliphatic heterocycles. The van der Waals surface area contributed by atoms with Gasteiger partial charge in [-0.05, 0) is 105 Å². The van der Waals surface area contributed by atoms with Gasteiger partial charge in [0.1, 0.15) is 11.2 Å². The second-order valence-corrected chi connectivity index (χ2v) is 12.2. The van der Waals surface area contributed by atoms with Gasteiger partial charge in [0.2, 0.25) is 0 Å². The topological polar surface area (TPSA) is 16.4 Å². The maximum atomic E-state index is 6.08. The quantitative estimate of drug-likeness (QED) is 0.185. The van der Waals surface area contributed by atoms with Crippen molar-refractivity contribution in [2.24, 2.45) is 0 Å². The SMILES string of the molecule is c1ccc(-c2cccc(-c3ccc(N(c4ccc(-c5ccc6oc7ccccc7c6c5)cc4)c4ccc5ccccc5c4)cc3)c2)cc1. The Kier molecular flexibility index (Phi) is 6.84. The van der Waals surface area contributed by atoms with Crippen molar-refractivity contribution in [2.75, 3.05) is 4.90 Å². The van der Waals surface area contributed by atoms with E-state index in [1.165, 1.54) is 38.6 Å². The summed E-state index contributed by atoms with van der Waals surface area (Å²) in [5, 5.41) is 4.72. The van der Waals surface area contributed by atoms with E-state index in [0.29, 0.717) is 0 Å². The Bertz CT molecular complexity index is 2540. The fraction of sp³-hybridized carbons (Fsp3) is 0. The fourth-order valence-corrected chi connectivity index (χ4v) is 6.78. The molecule has 0 aliphatic rings. The minimum atomic E-state index is 0.911. The number of nitrogens with zero attached hydrogens (tertiary/aromatic N) is 1. The van der Waals surface area contributed by atoms with E-state index in [4.69, 9.17) is 4.42 Å². The molecule has 9 aromatic rings. The first-order chi connectivity index (χ1) is 23.8. The molecule has 0 fully saturated rings. The summed E-state index contributed by atoms with van der Waals surface area (Å²) in [6, 6.07) is 67.0. The third kappa shape index (κ3) is 5.10. The zero-order valence-electron chi connectivity index (χ0n) is 26.3. The molecule has 0 bridgehead atoms. The highest BCUT2D eigenvalue weighted by atomic mass is 16.3. The molecule has 0 saturated heterocycles. The van der Waals surface area contributed by atoms with Gasteiger partial charge >= 0.3 is 0 Å². The van der Waals surface area contributed by atoms with Gasteiger partial charge in [-0.3, -0.25) is 0 Å². The first kappa shape index (κ1) is 27.9. The van der Waals surface area contributed by atoms with Crippen LogP contribution >= 0.6 is 0 Å². The van der Waals surface area contributed by atoms with Gasteiger partial charge in [-0.1, -0.05) is 127 Å². The molecule has 9 rings (SSSR count). The number of anilines is 3. The van der Waals surface area contributed by atoms with E-state index in [9.17, 15) is 0 Å². The summed E-state index contributed by atoms with van der Waals surface area (Å²) < 4.78 is 6.08. The van der Waals surface area contributed by atoms with Crippen LogP contribution in [0, 0.1) is 0 Å². The normalized spacial score (nSPS) is 11.3. The predicted octanol–water partition coefficient (Wildman–Crippen LogP) is 13.2. The molecule has 1 heterocycles. The Morgan fingerprint density at radius 3 is 1.54 bits per heavy atom. The van der Waals surface area contributed by atoms with Crippen LogP contribution < -0.4 is 4.90 Å². The summed E-state index contributed by atoms with van der Waals surface area (Å²) in [6.45, 7) is 0. The first-order valence-corrected chi connectivity index (χ1v) is 16.3. The average molecular weight is 614 g/mol. The van der Waals surface area contributed by atoms with Crippen molar-refractivity contribution in [3.63, 3.8) is 0 Å². The van der Waals surface area contributed by atoms with E-state index in [1.807, 2.05) is 12.1 Å². The van der Waals surface area contributed by atoms with E-state index in [-0.39, 0.29) is 0 Å². The highest BCUT2D eigenvalue weighted by molar-refractivity contribution is 6.06. The molecule has 0 amide bonds. The van der Waals surface area contributed by atoms with Gasteiger partial charge in [0, 0.05) is 27.8 Å². The third-order valence-corrected chi connectivity index (χ3v) is 9.26. The maximum Gasteiger partial charge on any atom is 0.135 e. The zero-order valence-corrected chi connectivity index (χ0v) is 26.3. The first-order valence-electron chi connectivity index (χ1n) is 16.3. The van der Waals surface area contributed by atoms with Crippen molar-refractivity contribution in [2.45, 2.75) is 0 Å². The van der Waals surface area contributed by atoms with Gasteiger partial charge in [0.25, 0.3) is 0 Å². The lowest BCUT2D eigenvalue weighted by atomic mass is 9.98. The summed E-state index contributed by atoms with van der Waals surface area (Å²) in [5.41, 5.74) is 12.3. The molecule has 0 atom stereocenters. The molecule has 0 saturated carbocycles. The zero-order chi connectivity index (χ0) is 31.9. The number of furan rings is 1. The van der Waals surface area contributed by atoms with Crippen molar-refractivity contribution in [3.05, 3.63) is 188 Å². The van der Waals surface area contributed by atoms with E-state index < -0.39 is 0 Å². The highest BCUT2D eigenvalue weighted by Gasteiger charge is 2.15. The van der Waals surface area contributed by atoms with Gasteiger partial charge < -0.3 is 9.32 Å². The van der Waals surface area contributed by atoms with E-state index in [2.05, 4.69) is 181 Å². The molecule has 0 unspecified atom stereocenters. The lowest BCUT2D eigenvalue weighted by molar-refractivity contribution is 0.669. The highest BCUT2D eigenvalue weighted by Crippen LogP contribution is 2.39. The van der Waals surface area contributed by atoms with E-state index in [1.54, 1.807) is 0 Å². The van der Waals surface area contributed by atoms with Gasteiger partial charge in [-0.2, -0.15) is 0 Å². The van der Waals surface area contributed by atoms with Crippen LogP contribution in [0.3, 0.4) is 0 Å². The van der Waals surface area contributed by atoms with Crippen molar-refractivity contribution >= 4 is 49.8 Å². The molecule has 1 aromatic heterocycles. The van der Waals surface area contributed by atoms with Crippen LogP contribution in [0.4, 0.5) is 17.1 Å². The van der Waals surface area contributed by atoms with Crippen LogP contribution in [-0.4, -0.2) is 0 Å². The smallest absolute Gasteiger partial charge is 0.135 e. The van der Waals surface area contributed by atoms with Crippen LogP contribution in [-0.2, 0) is 0 Å². The lowest BCUT2D eigenvalue weighted by Crippen LogP contribution is -2.09. The van der Waals surface area contributed by atoms with Crippen LogP contribution in [0.1, 0.15) is 0 Å². The van der Waals surface area contributed by atoms with Crippen molar-refractivity contribution < 1.29 is 4.42 Å². The minimum Gasteiger partial charge on any atom is -0.456 e. The van der Waals surface area contributed by atoms with Crippen LogP contribution in [0.15, 0.2) is 192 Å². The molecule has 0 spiro atoms. The monoisotopic (exact) mass is 613 g/mol. The number of benzene rings is 8. The van der Waals surface area contributed by atoms with Crippen molar-refractivity contribution in [3.8, 4) is 33.4 Å². The van der Waals surface area contributed by atoms with Gasteiger partial charge in [0.15, 0.2) is 0 Å². The average Bonchev–Trinajstić information content (AvgIpc) is 3.54. The number of para-hydroxylation sites is 1. The summed E-state index contributed by atoms with van der Waals surface area (Å²) in [6.07, 6.45) is 0. The number of hydrogen-bond donors (Lipinski definition) is 0. The molecule has 2 nitrogen and oxygen atoms in total. The van der Waals surface area contributed by atoms with Crippen LogP contribution in [0.5, 0.6) is 0 Å². The Morgan fingerprint density at radius 2 is 0.812 bits per heavy atom. The summed E-state index contributed by atoms with van der Waals surface area (Å²) in [5.74, 6) is 0. The Balaban J connectivity index is 1.09. The molecule has 0 N–H and O–H groups in total. The summed E-state index contributed by atoms with van der Waals surface area (Å²) in [7, 11) is 0. The fourth-order valence-electron chi connectivity index (χ4n) is 6.78. The lowest BCUT2D eigenvalue weighted by Gasteiger charge is -2.26. The van der Waals surface area contributed by atoms with Crippen LogP contribution in [0.25, 0.3) is 66.1 Å². The van der Waals surface area contributed by atoms with E-state index >= 15 is 0 Å². The molecule has 2 heteroatoms. The van der Waals surface area contributed by atoms with Crippen molar-refractivity contribution in [1.29, 1.82) is 0 Å². The third-order valence-electron chi connectivity index (χ3n) is 9.26. The maximum absolute atomic E-state index is 6.08. The van der Waals surface area contributed by atoms with Gasteiger partial charge in [0.05, 0.1) is 0 Å². The second kappa shape index (κ2) is 11.8. The molecule has 48 heavy (non-hydrogen) atoms. The number of hydrogen-bond acceptors (Lipinski definition) is 2. The standard InChI is InChI=1S/C46H31NO/c1-2-9-32(10-3-1)36-13-8-14-37(29-36)34-17-23-40(24-18-34)47(42-27-21-33-11-4-5-12-38(33)30-42)41-25-19-35(20-26-41)39-22-28-46-44(31-39)43-15-6-7-16-45(43)48-46/h1-31H. The molecule has 0 aliphatic carbocycles. The van der Waals surface area contributed by atoms with E-state index in [0.717, 1.165) is 44.6 Å². The number of fused-ring (bicyclic) bond motifs is 4. The van der Waals surface area contributed by atoms with Crippen LogP contribution in [0.2, 0.25) is 0 Å². The second-order valence-electron chi connectivity index (χ2n) is 12.2. The van der Waals surface area contributed by atoms with Gasteiger partial charge in [-0.25, -0.2) is 0 Å². The molecular weight excluding hydrogens is 583 g/mol. The molecular formula is C46H31NO. The minimum absolute atomic E-state index is 0.911. The molecule has 226 valence electrons. The predicted molar refractivity (Wildman–Crippen MR) is 202 cm³/mol. The molecule has 8 aromatic carbocycles. The van der Waals surface area contributed by atoms with Gasteiger partial charge in [-0.15, -0.1) is 0 Å². The Morgan fingerprint density at radius 1 is 0.292 bits per heavy atom.